The summed E-state index contributed by atoms with van der Waals surface area (Å²) in [4.78, 5) is 56.2. The quantitative estimate of drug-likeness (QED) is 0.192. The molecule has 0 rings (SSSR count). The van der Waals surface area contributed by atoms with Gasteiger partial charge in [0.2, 0.25) is 23.6 Å². The predicted octanol–water partition coefficient (Wildman–Crippen LogP) is -4.50. The van der Waals surface area contributed by atoms with Crippen LogP contribution in [0.4, 0.5) is 0 Å². The summed E-state index contributed by atoms with van der Waals surface area (Å²) in [6.45, 7) is -0.892. The highest BCUT2D eigenvalue weighted by molar-refractivity contribution is 5.94. The molecule has 12 nitrogen and oxygen atoms in total. The summed E-state index contributed by atoms with van der Waals surface area (Å²) in [6, 6.07) is -4.27. The van der Waals surface area contributed by atoms with Crippen LogP contribution in [0.5, 0.6) is 0 Å². The number of carboxylic acids is 1. The summed E-state index contributed by atoms with van der Waals surface area (Å²) < 4.78 is 0. The van der Waals surface area contributed by atoms with Gasteiger partial charge in [-0.05, 0) is 6.42 Å². The summed E-state index contributed by atoms with van der Waals surface area (Å²) in [7, 11) is 0. The molecule has 0 spiro atoms. The molecule has 4 amide bonds. The van der Waals surface area contributed by atoms with Crippen molar-refractivity contribution in [3.8, 4) is 0 Å². The van der Waals surface area contributed by atoms with Crippen LogP contribution in [0.3, 0.4) is 0 Å². The highest BCUT2D eigenvalue weighted by atomic mass is 16.4. The van der Waals surface area contributed by atoms with E-state index in [1.807, 2.05) is 5.32 Å². The van der Waals surface area contributed by atoms with Crippen LogP contribution in [-0.4, -0.2) is 64.5 Å². The molecule has 0 aromatic carbocycles. The maximum atomic E-state index is 12.0. The number of carbonyl (C=O) groups is 5. The van der Waals surface area contributed by atoms with Crippen molar-refractivity contribution < 1.29 is 34.2 Å². The number of aliphatic hydroxyl groups is 1. The lowest BCUT2D eigenvalue weighted by molar-refractivity contribution is -0.143. The number of aliphatic hydroxyl groups excluding tert-OH is 1. The van der Waals surface area contributed by atoms with Crippen LogP contribution >= 0.6 is 0 Å². The molecule has 0 aromatic heterocycles. The Morgan fingerprint density at radius 2 is 1.46 bits per heavy atom. The first-order valence-corrected chi connectivity index (χ1v) is 6.85. The van der Waals surface area contributed by atoms with Crippen LogP contribution in [0.15, 0.2) is 0 Å². The lowest BCUT2D eigenvalue weighted by atomic mass is 10.1. The van der Waals surface area contributed by atoms with E-state index in [1.54, 1.807) is 0 Å². The number of rotatable bonds is 11. The van der Waals surface area contributed by atoms with Gasteiger partial charge in [0.25, 0.3) is 0 Å². The number of carbonyl (C=O) groups excluding carboxylic acids is 4. The lowest BCUT2D eigenvalue weighted by Gasteiger charge is -2.21. The van der Waals surface area contributed by atoms with E-state index in [0.717, 1.165) is 0 Å². The Hall–Kier alpha value is -2.73. The summed E-state index contributed by atoms with van der Waals surface area (Å²) in [6.07, 6.45) is -0.856. The van der Waals surface area contributed by atoms with Gasteiger partial charge in [0, 0.05) is 6.42 Å². The van der Waals surface area contributed by atoms with Gasteiger partial charge in [-0.15, -0.1) is 0 Å². The maximum absolute atomic E-state index is 12.0. The van der Waals surface area contributed by atoms with Crippen LogP contribution in [0.25, 0.3) is 0 Å². The molecule has 0 fully saturated rings. The van der Waals surface area contributed by atoms with Gasteiger partial charge in [-0.3, -0.25) is 19.2 Å². The van der Waals surface area contributed by atoms with E-state index in [4.69, 9.17) is 27.4 Å². The lowest BCUT2D eigenvalue weighted by Crippen LogP contribution is -2.56. The zero-order valence-corrected chi connectivity index (χ0v) is 12.7. The summed E-state index contributed by atoms with van der Waals surface area (Å²) in [5.41, 5.74) is 15.4. The van der Waals surface area contributed by atoms with E-state index in [-0.39, 0.29) is 12.8 Å². The average Bonchev–Trinajstić information content (AvgIpc) is 2.48. The van der Waals surface area contributed by atoms with Crippen LogP contribution in [0.1, 0.15) is 19.3 Å². The zero-order chi connectivity index (χ0) is 18.9. The number of aliphatic carboxylic acids is 1. The molecular formula is C12H21N5O7. The van der Waals surface area contributed by atoms with E-state index >= 15 is 0 Å². The second-order valence-electron chi connectivity index (χ2n) is 4.93. The Bertz CT molecular complexity index is 510. The van der Waals surface area contributed by atoms with Crippen LogP contribution in [0.2, 0.25) is 0 Å². The Balaban J connectivity index is 4.90. The molecule has 0 saturated heterocycles. The predicted molar refractivity (Wildman–Crippen MR) is 78.8 cm³/mol. The van der Waals surface area contributed by atoms with Gasteiger partial charge in [0.15, 0.2) is 0 Å². The fourth-order valence-corrected chi connectivity index (χ4v) is 1.58. The summed E-state index contributed by atoms with van der Waals surface area (Å²) in [5, 5.41) is 21.7. The van der Waals surface area contributed by atoms with Crippen molar-refractivity contribution >= 4 is 29.6 Å². The molecule has 0 unspecified atom stereocenters. The molecule has 136 valence electrons. The molecule has 3 atom stereocenters. The molecule has 0 bridgehead atoms. The van der Waals surface area contributed by atoms with Gasteiger partial charge in [0.1, 0.15) is 12.1 Å². The van der Waals surface area contributed by atoms with E-state index in [0.29, 0.717) is 0 Å². The topological polar surface area (TPSA) is 228 Å². The first kappa shape index (κ1) is 21.3. The fraction of sp³-hybridized carbons (Fsp3) is 0.583. The van der Waals surface area contributed by atoms with Gasteiger partial charge < -0.3 is 38.0 Å². The van der Waals surface area contributed by atoms with Crippen molar-refractivity contribution in [2.24, 2.45) is 17.2 Å². The number of nitrogens with two attached hydrogens (primary N) is 3. The van der Waals surface area contributed by atoms with E-state index in [9.17, 15) is 24.0 Å². The van der Waals surface area contributed by atoms with Gasteiger partial charge in [-0.2, -0.15) is 0 Å². The number of hydrogen-bond acceptors (Lipinski definition) is 7. The molecule has 10 N–H and O–H groups in total. The molecular weight excluding hydrogens is 326 g/mol. The minimum atomic E-state index is -1.62. The number of primary amides is 2. The highest BCUT2D eigenvalue weighted by Crippen LogP contribution is 1.99. The Labute approximate surface area is 136 Å². The molecule has 0 saturated carbocycles. The summed E-state index contributed by atoms with van der Waals surface area (Å²) in [5.74, 6) is -5.00. The van der Waals surface area contributed by atoms with E-state index in [2.05, 4.69) is 5.32 Å². The molecule has 12 heteroatoms. The largest absolute Gasteiger partial charge is 0.480 e. The van der Waals surface area contributed by atoms with Crippen molar-refractivity contribution in [1.29, 1.82) is 0 Å². The third-order valence-electron chi connectivity index (χ3n) is 2.87. The second kappa shape index (κ2) is 10.1. The second-order valence-corrected chi connectivity index (χ2v) is 4.93. The molecule has 0 radical (unpaired) electrons. The van der Waals surface area contributed by atoms with Crippen LogP contribution < -0.4 is 27.8 Å². The van der Waals surface area contributed by atoms with E-state index < -0.39 is 60.8 Å². The van der Waals surface area contributed by atoms with Gasteiger partial charge in [0.05, 0.1) is 19.1 Å². The molecule has 0 heterocycles. The summed E-state index contributed by atoms with van der Waals surface area (Å²) >= 11 is 0. The van der Waals surface area contributed by atoms with Crippen LogP contribution in [0, 0.1) is 0 Å². The molecule has 0 aliphatic rings. The fourth-order valence-electron chi connectivity index (χ4n) is 1.58. The molecule has 24 heavy (non-hydrogen) atoms. The minimum Gasteiger partial charge on any atom is -0.480 e. The van der Waals surface area contributed by atoms with Gasteiger partial charge >= 0.3 is 5.97 Å². The average molecular weight is 347 g/mol. The number of carboxylic acid groups (broad SMARTS) is 1. The van der Waals surface area contributed by atoms with Gasteiger partial charge in [-0.25, -0.2) is 4.79 Å². The third kappa shape index (κ3) is 8.05. The number of hydrogen-bond donors (Lipinski definition) is 7. The molecule has 0 aliphatic carbocycles. The minimum absolute atomic E-state index is 0.0829. The third-order valence-corrected chi connectivity index (χ3v) is 2.87. The maximum Gasteiger partial charge on any atom is 0.328 e. The van der Waals surface area contributed by atoms with Crippen molar-refractivity contribution in [2.75, 3.05) is 6.61 Å². The first-order valence-electron chi connectivity index (χ1n) is 6.85. The van der Waals surface area contributed by atoms with Crippen molar-refractivity contribution in [3.05, 3.63) is 0 Å². The zero-order valence-electron chi connectivity index (χ0n) is 12.7. The molecule has 0 aromatic rings. The number of nitrogens with one attached hydrogen (secondary N) is 2. The Morgan fingerprint density at radius 1 is 0.917 bits per heavy atom. The standard InChI is InChI=1S/C12H21N5O7/c13-5(1-2-8(14)19)10(21)16-6(3-9(15)20)11(22)17-7(4-18)12(23)24/h5-7,18H,1-4,13H2,(H2,14,19)(H2,15,20)(H,16,21)(H,17,22)(H,23,24)/t5-,6-,7-/m0/s1. The van der Waals surface area contributed by atoms with Crippen molar-refractivity contribution in [3.63, 3.8) is 0 Å². The normalized spacial score (nSPS) is 14.1. The Morgan fingerprint density at radius 3 is 1.88 bits per heavy atom. The van der Waals surface area contributed by atoms with Crippen LogP contribution in [-0.2, 0) is 24.0 Å². The smallest absolute Gasteiger partial charge is 0.328 e. The molecule has 0 aliphatic heterocycles. The monoisotopic (exact) mass is 347 g/mol. The van der Waals surface area contributed by atoms with Gasteiger partial charge in [-0.1, -0.05) is 0 Å². The number of amides is 4. The first-order chi connectivity index (χ1) is 11.1. The van der Waals surface area contributed by atoms with Crippen molar-refractivity contribution in [1.82, 2.24) is 10.6 Å². The SMILES string of the molecule is NC(=O)CC[C@H](N)C(=O)N[C@@H](CC(N)=O)C(=O)N[C@@H](CO)C(=O)O. The van der Waals surface area contributed by atoms with E-state index in [1.165, 1.54) is 0 Å². The Kier molecular flexibility index (Phi) is 8.97. The highest BCUT2D eigenvalue weighted by Gasteiger charge is 2.28. The van der Waals surface area contributed by atoms with Crippen molar-refractivity contribution in [2.45, 2.75) is 37.4 Å².